The van der Waals surface area contributed by atoms with Crippen LogP contribution in [0.25, 0.3) is 5.69 Å². The van der Waals surface area contributed by atoms with Gasteiger partial charge in [-0.2, -0.15) is 0 Å². The number of thioether (sulfide) groups is 2. The van der Waals surface area contributed by atoms with Gasteiger partial charge in [0.05, 0.1) is 22.0 Å². The highest BCUT2D eigenvalue weighted by Gasteiger charge is 2.23. The van der Waals surface area contributed by atoms with Gasteiger partial charge in [-0.25, -0.2) is 4.98 Å². The van der Waals surface area contributed by atoms with Gasteiger partial charge in [0.15, 0.2) is 5.16 Å². The van der Waals surface area contributed by atoms with E-state index in [4.69, 9.17) is 4.98 Å². The van der Waals surface area contributed by atoms with Crippen molar-refractivity contribution in [2.45, 2.75) is 37.2 Å². The maximum absolute atomic E-state index is 13.3. The van der Waals surface area contributed by atoms with Crippen molar-refractivity contribution in [2.75, 3.05) is 16.8 Å². The molecule has 30 heavy (non-hydrogen) atoms. The van der Waals surface area contributed by atoms with E-state index >= 15 is 0 Å². The Hall–Kier alpha value is -2.51. The Bertz CT molecular complexity index is 1170. The average Bonchev–Trinajstić information content (AvgIpc) is 3.14. The molecule has 2 heterocycles. The van der Waals surface area contributed by atoms with Crippen molar-refractivity contribution >= 4 is 35.1 Å². The summed E-state index contributed by atoms with van der Waals surface area (Å²) in [6.07, 6.45) is 0.784. The number of nitrogens with zero attached hydrogens (tertiary/aromatic N) is 2. The molecule has 0 fully saturated rings. The zero-order chi connectivity index (χ0) is 21.3. The van der Waals surface area contributed by atoms with Gasteiger partial charge in [-0.15, -0.1) is 11.8 Å². The van der Waals surface area contributed by atoms with Crippen molar-refractivity contribution in [2.24, 2.45) is 0 Å². The molecule has 0 saturated carbocycles. The van der Waals surface area contributed by atoms with E-state index < -0.39 is 0 Å². The standard InChI is InChI=1S/C23H23N3O2S2/c1-14-5-4-6-17(10-14)24-20(27)13-30-23-25-19-7-8-29-21(19)22(28)26(23)18-11-15(2)9-16(3)12-18/h4-6,9-12H,7-8,13H2,1-3H3,(H,24,27). The van der Waals surface area contributed by atoms with Gasteiger partial charge in [-0.3, -0.25) is 14.2 Å². The van der Waals surface area contributed by atoms with Crippen LogP contribution in [0.15, 0.2) is 57.3 Å². The lowest BCUT2D eigenvalue weighted by molar-refractivity contribution is -0.113. The number of fused-ring (bicyclic) bond motifs is 1. The van der Waals surface area contributed by atoms with Crippen molar-refractivity contribution in [1.29, 1.82) is 0 Å². The van der Waals surface area contributed by atoms with E-state index in [9.17, 15) is 9.59 Å². The largest absolute Gasteiger partial charge is 0.325 e. The summed E-state index contributed by atoms with van der Waals surface area (Å²) >= 11 is 2.86. The lowest BCUT2D eigenvalue weighted by atomic mass is 10.1. The van der Waals surface area contributed by atoms with E-state index in [1.54, 1.807) is 16.3 Å². The molecular weight excluding hydrogens is 414 g/mol. The van der Waals surface area contributed by atoms with E-state index in [-0.39, 0.29) is 17.2 Å². The zero-order valence-corrected chi connectivity index (χ0v) is 18.8. The second-order valence-electron chi connectivity index (χ2n) is 7.46. The summed E-state index contributed by atoms with van der Waals surface area (Å²) in [6.45, 7) is 6.01. The predicted molar refractivity (Wildman–Crippen MR) is 124 cm³/mol. The van der Waals surface area contributed by atoms with Crippen molar-refractivity contribution in [3.8, 4) is 5.69 Å². The Kier molecular flexibility index (Phi) is 6.01. The Morgan fingerprint density at radius 1 is 1.13 bits per heavy atom. The summed E-state index contributed by atoms with van der Waals surface area (Å²) < 4.78 is 1.65. The minimum atomic E-state index is -0.123. The van der Waals surface area contributed by atoms with Crippen LogP contribution in [0, 0.1) is 20.8 Å². The number of hydrogen-bond acceptors (Lipinski definition) is 5. The molecule has 0 unspecified atom stereocenters. The summed E-state index contributed by atoms with van der Waals surface area (Å²) in [5.41, 5.74) is 5.60. The normalized spacial score (nSPS) is 12.6. The number of nitrogens with one attached hydrogen (secondary N) is 1. The maximum Gasteiger partial charge on any atom is 0.272 e. The van der Waals surface area contributed by atoms with Crippen LogP contribution >= 0.6 is 23.5 Å². The maximum atomic E-state index is 13.3. The van der Waals surface area contributed by atoms with Crippen molar-refractivity contribution < 1.29 is 4.79 Å². The first kappa shape index (κ1) is 20.8. The minimum Gasteiger partial charge on any atom is -0.325 e. The molecule has 154 valence electrons. The predicted octanol–water partition coefficient (Wildman–Crippen LogP) is 4.54. The first-order chi connectivity index (χ1) is 14.4. The van der Waals surface area contributed by atoms with Crippen molar-refractivity contribution in [3.63, 3.8) is 0 Å². The monoisotopic (exact) mass is 437 g/mol. The van der Waals surface area contributed by atoms with Gasteiger partial charge in [0.25, 0.3) is 5.56 Å². The highest BCUT2D eigenvalue weighted by atomic mass is 32.2. The van der Waals surface area contributed by atoms with E-state index in [0.717, 1.165) is 50.8 Å². The van der Waals surface area contributed by atoms with Crippen LogP contribution in [0.4, 0.5) is 5.69 Å². The third kappa shape index (κ3) is 4.47. The lowest BCUT2D eigenvalue weighted by Gasteiger charge is -2.15. The molecule has 5 nitrogen and oxygen atoms in total. The molecular formula is C23H23N3O2S2. The number of benzene rings is 2. The van der Waals surface area contributed by atoms with Crippen LogP contribution in [0.2, 0.25) is 0 Å². The summed E-state index contributed by atoms with van der Waals surface area (Å²) in [4.78, 5) is 31.3. The molecule has 3 aromatic rings. The van der Waals surface area contributed by atoms with Gasteiger partial charge in [0.1, 0.15) is 0 Å². The number of carbonyl (C=O) groups is 1. The molecule has 1 aliphatic rings. The smallest absolute Gasteiger partial charge is 0.272 e. The van der Waals surface area contributed by atoms with Crippen LogP contribution in [-0.2, 0) is 11.2 Å². The number of hydrogen-bond donors (Lipinski definition) is 1. The Labute approximate surface area is 184 Å². The minimum absolute atomic E-state index is 0.0471. The van der Waals surface area contributed by atoms with E-state index in [0.29, 0.717) is 5.16 Å². The van der Waals surface area contributed by atoms with Crippen LogP contribution in [0.1, 0.15) is 22.4 Å². The number of anilines is 1. The van der Waals surface area contributed by atoms with Crippen molar-refractivity contribution in [3.05, 3.63) is 75.2 Å². The second-order valence-corrected chi connectivity index (χ2v) is 9.51. The molecule has 0 aliphatic carbocycles. The third-order valence-electron chi connectivity index (χ3n) is 4.77. The van der Waals surface area contributed by atoms with Gasteiger partial charge in [-0.1, -0.05) is 30.0 Å². The highest BCUT2D eigenvalue weighted by Crippen LogP contribution is 2.30. The fourth-order valence-electron chi connectivity index (χ4n) is 3.55. The fraction of sp³-hybridized carbons (Fsp3) is 0.261. The zero-order valence-electron chi connectivity index (χ0n) is 17.2. The van der Waals surface area contributed by atoms with Crippen LogP contribution in [0.5, 0.6) is 0 Å². The summed E-state index contributed by atoms with van der Waals surface area (Å²) in [6, 6.07) is 13.7. The number of aryl methyl sites for hydroxylation is 4. The van der Waals surface area contributed by atoms with Crippen LogP contribution in [0.3, 0.4) is 0 Å². The van der Waals surface area contributed by atoms with E-state index in [1.165, 1.54) is 11.8 Å². The van der Waals surface area contributed by atoms with Gasteiger partial charge >= 0.3 is 0 Å². The molecule has 7 heteroatoms. The average molecular weight is 438 g/mol. The molecule has 2 aromatic carbocycles. The number of amides is 1. The first-order valence-electron chi connectivity index (χ1n) is 9.77. The summed E-state index contributed by atoms with van der Waals surface area (Å²) in [7, 11) is 0. The van der Waals surface area contributed by atoms with Crippen molar-refractivity contribution in [1.82, 2.24) is 9.55 Å². The summed E-state index contributed by atoms with van der Waals surface area (Å²) in [5, 5.41) is 3.48. The van der Waals surface area contributed by atoms with Crippen LogP contribution < -0.4 is 10.9 Å². The first-order valence-corrected chi connectivity index (χ1v) is 11.7. The molecule has 0 atom stereocenters. The Morgan fingerprint density at radius 3 is 2.63 bits per heavy atom. The molecule has 1 amide bonds. The summed E-state index contributed by atoms with van der Waals surface area (Å²) in [5.74, 6) is 0.922. The quantitative estimate of drug-likeness (QED) is 0.469. The number of rotatable bonds is 5. The number of carbonyl (C=O) groups excluding carboxylic acids is 1. The van der Waals surface area contributed by atoms with Gasteiger partial charge in [-0.05, 0) is 61.7 Å². The fourth-order valence-corrected chi connectivity index (χ4v) is 5.40. The van der Waals surface area contributed by atoms with Gasteiger partial charge in [0.2, 0.25) is 5.91 Å². The molecule has 0 spiro atoms. The van der Waals surface area contributed by atoms with E-state index in [2.05, 4.69) is 11.4 Å². The van der Waals surface area contributed by atoms with Crippen LogP contribution in [-0.4, -0.2) is 27.0 Å². The highest BCUT2D eigenvalue weighted by molar-refractivity contribution is 8.00. The molecule has 0 bridgehead atoms. The Morgan fingerprint density at radius 2 is 1.90 bits per heavy atom. The lowest BCUT2D eigenvalue weighted by Crippen LogP contribution is -2.25. The SMILES string of the molecule is Cc1cccc(NC(=O)CSc2nc3c(c(=O)n2-c2cc(C)cc(C)c2)SCC3)c1. The topological polar surface area (TPSA) is 64.0 Å². The molecule has 1 aliphatic heterocycles. The molecule has 4 rings (SSSR count). The third-order valence-corrected chi connectivity index (χ3v) is 6.81. The Balaban J connectivity index is 1.64. The molecule has 0 saturated heterocycles. The number of aromatic nitrogens is 2. The molecule has 0 radical (unpaired) electrons. The molecule has 1 N–H and O–H groups in total. The van der Waals surface area contributed by atoms with Gasteiger partial charge in [0, 0.05) is 17.9 Å². The second kappa shape index (κ2) is 8.70. The molecule has 1 aromatic heterocycles. The van der Waals surface area contributed by atoms with Gasteiger partial charge < -0.3 is 5.32 Å². The van der Waals surface area contributed by atoms with E-state index in [1.807, 2.05) is 57.2 Å².